The van der Waals surface area contributed by atoms with Gasteiger partial charge < -0.3 is 60.2 Å². The van der Waals surface area contributed by atoms with E-state index < -0.39 is 82.9 Å². The molecule has 2 aliphatic heterocycles. The molecule has 0 bridgehead atoms. The number of imidazole rings is 2. The Hall–Kier alpha value is -2.68. The first kappa shape index (κ1) is 38.1. The summed E-state index contributed by atoms with van der Waals surface area (Å²) in [6.45, 7) is -2.55. The topological polar surface area (TPSA) is 332 Å². The molecule has 28 heteroatoms. The highest BCUT2D eigenvalue weighted by atomic mass is 32.2. The molecule has 0 amide bonds. The van der Waals surface area contributed by atoms with E-state index in [1.165, 1.54) is 9.13 Å². The maximum atomic E-state index is 15.2. The zero-order chi connectivity index (χ0) is 37.2. The van der Waals surface area contributed by atoms with Gasteiger partial charge in [0.25, 0.3) is 0 Å². The third-order valence-corrected chi connectivity index (χ3v) is 12.9. The van der Waals surface area contributed by atoms with E-state index in [4.69, 9.17) is 20.9 Å². The molecule has 51 heavy (non-hydrogen) atoms. The van der Waals surface area contributed by atoms with Gasteiger partial charge in [-0.3, -0.25) is 18.3 Å². The largest absolute Gasteiger partial charge is 0.443 e. The number of hydrogen-bond donors (Lipinski definition) is 8. The summed E-state index contributed by atoms with van der Waals surface area (Å²) in [5, 5.41) is 37.3. The Morgan fingerprint density at radius 1 is 0.765 bits per heavy atom. The molecular formula is C23H30F2N10O12P2S2. The Morgan fingerprint density at radius 3 is 1.49 bits per heavy atom. The standard InChI is InChI=1S/C23H30F2N10O12P2S2/c1-50-21-30-15(26)9-17(32-21)34(5-28-9)19-13(38)11(36)7(46-19)3-44-48(40,41)23(24,25)49(42,43)45-4-8-12(37)14(39)20(47-8)35-6-29-10-16(27)31-22(51-2)33-18(10)35/h5-8,11-14,19-20,36-39H,3-4H2,1-2H3,(H,40,41)(H,42,43)(H2,26,30,32)(H2,27,31,33)/t7-,8-,11-,12-,13-,14-,19-,20-/m1/s1. The van der Waals surface area contributed by atoms with Crippen LogP contribution in [0.5, 0.6) is 0 Å². The molecule has 2 saturated heterocycles. The summed E-state index contributed by atoms with van der Waals surface area (Å²) in [6.07, 6.45) is -7.96. The molecule has 0 aromatic carbocycles. The van der Waals surface area contributed by atoms with Crippen molar-refractivity contribution in [1.82, 2.24) is 39.0 Å². The number of ether oxygens (including phenoxy) is 2. The van der Waals surface area contributed by atoms with Gasteiger partial charge in [0.05, 0.1) is 25.9 Å². The van der Waals surface area contributed by atoms with E-state index in [0.717, 1.165) is 36.2 Å². The third-order valence-electron chi connectivity index (χ3n) is 7.95. The predicted molar refractivity (Wildman–Crippen MR) is 171 cm³/mol. The first-order valence-electron chi connectivity index (χ1n) is 14.4. The zero-order valence-corrected chi connectivity index (χ0v) is 29.4. The zero-order valence-electron chi connectivity index (χ0n) is 26.0. The van der Waals surface area contributed by atoms with Gasteiger partial charge in [-0.25, -0.2) is 29.9 Å². The quantitative estimate of drug-likeness (QED) is 0.0507. The van der Waals surface area contributed by atoms with Gasteiger partial charge in [0.15, 0.2) is 45.7 Å². The number of thioether (sulfide) groups is 2. The molecule has 4 aromatic rings. The molecule has 2 aliphatic rings. The number of aliphatic hydroxyl groups excluding tert-OH is 4. The van der Waals surface area contributed by atoms with E-state index in [2.05, 4.69) is 39.0 Å². The molecule has 0 saturated carbocycles. The average molecular weight is 803 g/mol. The number of nitrogens with two attached hydrogens (primary N) is 2. The number of fused-ring (bicyclic) bond motifs is 2. The molecule has 4 aromatic heterocycles. The Labute approximate surface area is 292 Å². The van der Waals surface area contributed by atoms with E-state index in [1.807, 2.05) is 0 Å². The average Bonchev–Trinajstić information content (AvgIpc) is 3.84. The van der Waals surface area contributed by atoms with Gasteiger partial charge in [-0.15, -0.1) is 0 Å². The van der Waals surface area contributed by atoms with E-state index in [1.54, 1.807) is 12.5 Å². The summed E-state index contributed by atoms with van der Waals surface area (Å²) in [5.41, 5.74) is 12.2. The molecule has 6 rings (SSSR count). The molecule has 280 valence electrons. The molecule has 2 unspecified atom stereocenters. The number of nitrogens with zero attached hydrogens (tertiary/aromatic N) is 8. The van der Waals surface area contributed by atoms with Crippen molar-refractivity contribution in [1.29, 1.82) is 0 Å². The van der Waals surface area contributed by atoms with E-state index in [0.29, 0.717) is 0 Å². The molecule has 0 radical (unpaired) electrons. The van der Waals surface area contributed by atoms with Crippen LogP contribution in [0.4, 0.5) is 20.4 Å². The lowest BCUT2D eigenvalue weighted by Crippen LogP contribution is -2.35. The summed E-state index contributed by atoms with van der Waals surface area (Å²) < 4.78 is 78.1. The first-order valence-corrected chi connectivity index (χ1v) is 20.0. The highest BCUT2D eigenvalue weighted by Crippen LogP contribution is 2.75. The minimum Gasteiger partial charge on any atom is -0.387 e. The van der Waals surface area contributed by atoms with Gasteiger partial charge in [0.2, 0.25) is 0 Å². The summed E-state index contributed by atoms with van der Waals surface area (Å²) >= 11 is 2.28. The van der Waals surface area contributed by atoms with Crippen LogP contribution >= 0.6 is 38.7 Å². The minimum atomic E-state index is -6.43. The monoisotopic (exact) mass is 802 g/mol. The van der Waals surface area contributed by atoms with Crippen molar-refractivity contribution in [2.24, 2.45) is 0 Å². The Morgan fingerprint density at radius 2 is 1.14 bits per heavy atom. The van der Waals surface area contributed by atoms with Gasteiger partial charge in [0.1, 0.15) is 47.7 Å². The first-order chi connectivity index (χ1) is 23.9. The van der Waals surface area contributed by atoms with Crippen LogP contribution in [0.15, 0.2) is 23.0 Å². The number of rotatable bonds is 12. The minimum absolute atomic E-state index is 0.00242. The normalized spacial score (nSPS) is 29.5. The Kier molecular flexibility index (Phi) is 10.4. The van der Waals surface area contributed by atoms with Crippen LogP contribution in [0.2, 0.25) is 0 Å². The number of anilines is 2. The highest BCUT2D eigenvalue weighted by molar-refractivity contribution is 7.98. The van der Waals surface area contributed by atoms with Crippen LogP contribution in [0, 0.1) is 0 Å². The molecule has 22 nitrogen and oxygen atoms in total. The second kappa shape index (κ2) is 13.9. The molecule has 6 heterocycles. The van der Waals surface area contributed by atoms with Gasteiger partial charge in [-0.1, -0.05) is 23.5 Å². The summed E-state index contributed by atoms with van der Waals surface area (Å²) in [6, 6.07) is 0. The van der Waals surface area contributed by atoms with Crippen molar-refractivity contribution in [3.05, 3.63) is 12.7 Å². The Bertz CT molecular complexity index is 1910. The molecular weight excluding hydrogens is 772 g/mol. The van der Waals surface area contributed by atoms with Gasteiger partial charge in [-0.05, 0) is 12.5 Å². The highest BCUT2D eigenvalue weighted by Gasteiger charge is 2.67. The maximum absolute atomic E-state index is 15.2. The lowest BCUT2D eigenvalue weighted by Gasteiger charge is -2.27. The van der Waals surface area contributed by atoms with Crippen molar-refractivity contribution in [2.75, 3.05) is 37.2 Å². The molecule has 10 atom stereocenters. The van der Waals surface area contributed by atoms with Crippen LogP contribution < -0.4 is 11.5 Å². The van der Waals surface area contributed by atoms with Crippen molar-refractivity contribution in [3.63, 3.8) is 0 Å². The number of alkyl halides is 2. The summed E-state index contributed by atoms with van der Waals surface area (Å²) in [7, 11) is -12.9. The number of halogens is 2. The SMILES string of the molecule is CSc1nc(N)c2ncn([C@@H]3O[C@H](COP(=O)(O)C(F)(F)P(=O)(O)OC[C@H]4O[C@@H](n5cnc6c(N)nc(SC)nc65)[C@H](O)[C@@H]4O)[C@@H](O)[C@H]3O)c2n1. The fraction of sp³-hybridized carbons (Fsp3) is 0.565. The Balaban J connectivity index is 1.11. The second-order valence-electron chi connectivity index (χ2n) is 11.1. The van der Waals surface area contributed by atoms with Crippen LogP contribution in [0.1, 0.15) is 12.5 Å². The van der Waals surface area contributed by atoms with Crippen molar-refractivity contribution in [3.8, 4) is 0 Å². The van der Waals surface area contributed by atoms with E-state index >= 15 is 8.78 Å². The number of hydrogen-bond acceptors (Lipinski definition) is 20. The molecule has 2 fully saturated rings. The summed E-state index contributed by atoms with van der Waals surface area (Å²) in [5.74, 6) is -0.00485. The molecule has 0 aliphatic carbocycles. The smallest absolute Gasteiger partial charge is 0.387 e. The third kappa shape index (κ3) is 6.60. The van der Waals surface area contributed by atoms with Crippen molar-refractivity contribution < 1.29 is 66.6 Å². The van der Waals surface area contributed by atoms with Gasteiger partial charge in [0, 0.05) is 0 Å². The van der Waals surface area contributed by atoms with Crippen molar-refractivity contribution >= 4 is 72.7 Å². The van der Waals surface area contributed by atoms with Crippen LogP contribution in [0.25, 0.3) is 22.3 Å². The van der Waals surface area contributed by atoms with E-state index in [-0.39, 0.29) is 44.3 Å². The van der Waals surface area contributed by atoms with E-state index in [9.17, 15) is 39.3 Å². The lowest BCUT2D eigenvalue weighted by atomic mass is 10.1. The van der Waals surface area contributed by atoms with Crippen LogP contribution in [-0.2, 0) is 27.7 Å². The number of aromatic nitrogens is 8. The number of nitrogen functional groups attached to an aromatic ring is 2. The van der Waals surface area contributed by atoms with Gasteiger partial charge in [-0.2, -0.15) is 8.78 Å². The fourth-order valence-electron chi connectivity index (χ4n) is 5.25. The number of aliphatic hydroxyl groups is 4. The van der Waals surface area contributed by atoms with Crippen molar-refractivity contribution in [2.45, 2.75) is 64.8 Å². The fourth-order valence-corrected chi connectivity index (χ4v) is 8.61. The maximum Gasteiger partial charge on any atom is 0.443 e. The summed E-state index contributed by atoms with van der Waals surface area (Å²) in [4.78, 5) is 45.0. The lowest BCUT2D eigenvalue weighted by molar-refractivity contribution is -0.0539. The second-order valence-corrected chi connectivity index (χ2v) is 16.7. The predicted octanol–water partition coefficient (Wildman–Crippen LogP) is -0.533. The van der Waals surface area contributed by atoms with Crippen LogP contribution in [-0.4, -0.2) is 137 Å². The van der Waals surface area contributed by atoms with Crippen LogP contribution in [0.3, 0.4) is 0 Å². The van der Waals surface area contributed by atoms with Gasteiger partial charge >= 0.3 is 20.6 Å². The molecule has 10 N–H and O–H groups in total. The molecule has 0 spiro atoms.